The zero-order valence-electron chi connectivity index (χ0n) is 57.2. The average molecular weight is 1210 g/mol. The standard InChI is InChI=1S/2C11H20O2.C10H19NO2.2C10H18O2.2C9H16O2/c1-8(2)10(12)11(13)6-4-9(3)5-7-11;1-8(2)10(12)11(13)6-4-5-9(3)7-11;1-7(2)9(12)10(13)6-4-3-5-8(10)11;1-7(2)9(11)10(12)5-4-8(3)6-10;1-7(2)9(11)10(12)6-4-5-8(10)3;1-6(2)8(10)9(11)4-7(3)5-9;1-6(2)8(10)9(11)5-4-7(9)3/h2*8-9,13H,4-7H2,1-3H3;7-8,13H,3-6,11H2,1-2H3;2*7-8,12H,4-6H2,1-3H3;2*6-7,11H,4-5H2,1-3H3. The molecule has 7 saturated carbocycles. The molecule has 10 unspecified atom stereocenters. The molecule has 10 atom stereocenters. The summed E-state index contributed by atoms with van der Waals surface area (Å²) in [6.45, 7) is 38.1. The van der Waals surface area contributed by atoms with E-state index in [9.17, 15) is 69.3 Å². The normalized spacial score (nSPS) is 35.8. The van der Waals surface area contributed by atoms with E-state index in [4.69, 9.17) is 5.73 Å². The summed E-state index contributed by atoms with van der Waals surface area (Å²) >= 11 is 0. The van der Waals surface area contributed by atoms with E-state index >= 15 is 0 Å². The van der Waals surface area contributed by atoms with Crippen LogP contribution in [0, 0.1) is 76.9 Å². The molecule has 85 heavy (non-hydrogen) atoms. The third-order valence-corrected chi connectivity index (χ3v) is 19.7. The molecule has 0 bridgehead atoms. The third-order valence-electron chi connectivity index (χ3n) is 19.7. The molecule has 0 amide bonds. The second-order valence-corrected chi connectivity index (χ2v) is 30.4. The first-order valence-electron chi connectivity index (χ1n) is 33.4. The van der Waals surface area contributed by atoms with Crippen molar-refractivity contribution in [2.75, 3.05) is 0 Å². The van der Waals surface area contributed by atoms with Gasteiger partial charge >= 0.3 is 0 Å². The van der Waals surface area contributed by atoms with Crippen LogP contribution in [0.3, 0.4) is 0 Å². The summed E-state index contributed by atoms with van der Waals surface area (Å²) in [6, 6.07) is -0.365. The second-order valence-electron chi connectivity index (χ2n) is 30.4. The molecule has 0 spiro atoms. The number of aliphatic hydroxyl groups is 7. The Labute approximate surface area is 515 Å². The van der Waals surface area contributed by atoms with E-state index in [1.165, 1.54) is 0 Å². The van der Waals surface area contributed by atoms with Crippen LogP contribution in [0.2, 0.25) is 0 Å². The maximum absolute atomic E-state index is 11.7. The minimum absolute atomic E-state index is 0.00981. The Bertz CT molecular complexity index is 2140. The lowest BCUT2D eigenvalue weighted by Gasteiger charge is -2.43. The lowest BCUT2D eigenvalue weighted by Crippen LogP contribution is -2.57. The van der Waals surface area contributed by atoms with Crippen LogP contribution in [0.25, 0.3) is 0 Å². The fourth-order valence-corrected chi connectivity index (χ4v) is 13.8. The van der Waals surface area contributed by atoms with Crippen LogP contribution in [-0.2, 0) is 33.6 Å². The van der Waals surface area contributed by atoms with Gasteiger partial charge in [-0.15, -0.1) is 0 Å². The third kappa shape index (κ3) is 22.4. The van der Waals surface area contributed by atoms with Crippen molar-refractivity contribution in [2.45, 2.75) is 325 Å². The molecular weight excluding hydrogens is 1080 g/mol. The van der Waals surface area contributed by atoms with Gasteiger partial charge in [0.25, 0.3) is 0 Å². The van der Waals surface area contributed by atoms with E-state index in [-0.39, 0.29) is 99.8 Å². The van der Waals surface area contributed by atoms with Gasteiger partial charge in [-0.1, -0.05) is 151 Å². The molecular formula is C70H127NO14. The number of carbonyl (C=O) groups excluding carboxylic acids is 7. The van der Waals surface area contributed by atoms with E-state index in [1.54, 1.807) is 0 Å². The number of ketones is 7. The molecule has 7 fully saturated rings. The van der Waals surface area contributed by atoms with Crippen LogP contribution in [0.4, 0.5) is 0 Å². The van der Waals surface area contributed by atoms with Gasteiger partial charge < -0.3 is 41.5 Å². The summed E-state index contributed by atoms with van der Waals surface area (Å²) in [5.41, 5.74) is -1.41. The van der Waals surface area contributed by atoms with Gasteiger partial charge in [0.1, 0.15) is 39.2 Å². The summed E-state index contributed by atoms with van der Waals surface area (Å²) in [7, 11) is 0. The lowest BCUT2D eigenvalue weighted by atomic mass is 9.66. The van der Waals surface area contributed by atoms with Crippen LogP contribution in [-0.4, -0.2) is 121 Å². The molecule has 0 saturated heterocycles. The molecule has 15 nitrogen and oxygen atoms in total. The molecule has 9 N–H and O–H groups in total. The monoisotopic (exact) mass is 1210 g/mol. The maximum Gasteiger partial charge on any atom is 0.168 e. The van der Waals surface area contributed by atoms with Crippen molar-refractivity contribution in [3.8, 4) is 0 Å². The van der Waals surface area contributed by atoms with Crippen molar-refractivity contribution < 1.29 is 69.3 Å². The van der Waals surface area contributed by atoms with Gasteiger partial charge in [-0.25, -0.2) is 0 Å². The van der Waals surface area contributed by atoms with Crippen LogP contribution in [0.15, 0.2) is 0 Å². The number of hydrogen-bond donors (Lipinski definition) is 8. The molecule has 0 aromatic rings. The topological polar surface area (TPSA) is 287 Å². The largest absolute Gasteiger partial charge is 0.382 e. The van der Waals surface area contributed by atoms with E-state index < -0.39 is 39.2 Å². The van der Waals surface area contributed by atoms with Crippen molar-refractivity contribution >= 4 is 40.5 Å². The summed E-state index contributed by atoms with van der Waals surface area (Å²) in [5.74, 6) is 2.12. The van der Waals surface area contributed by atoms with Crippen molar-refractivity contribution in [3.63, 3.8) is 0 Å². The molecule has 7 aliphatic rings. The number of carbonyl (C=O) groups is 7. The first-order valence-corrected chi connectivity index (χ1v) is 33.4. The van der Waals surface area contributed by atoms with Gasteiger partial charge in [-0.2, -0.15) is 0 Å². The fraction of sp³-hybridized carbons (Fsp3) is 0.900. The Morgan fingerprint density at radius 3 is 0.906 bits per heavy atom. The van der Waals surface area contributed by atoms with Crippen LogP contribution in [0.1, 0.15) is 280 Å². The highest BCUT2D eigenvalue weighted by atomic mass is 16.3. The van der Waals surface area contributed by atoms with Crippen molar-refractivity contribution in [3.05, 3.63) is 0 Å². The quantitative estimate of drug-likeness (QED) is 0.0802. The van der Waals surface area contributed by atoms with E-state index in [2.05, 4.69) is 27.7 Å². The van der Waals surface area contributed by atoms with Gasteiger partial charge in [-0.05, 0) is 164 Å². The molecule has 0 aromatic heterocycles. The van der Waals surface area contributed by atoms with Crippen molar-refractivity contribution in [2.24, 2.45) is 82.7 Å². The van der Waals surface area contributed by atoms with Crippen LogP contribution in [0.5, 0.6) is 0 Å². The molecule has 15 heteroatoms. The highest BCUT2D eigenvalue weighted by Gasteiger charge is 2.50. The van der Waals surface area contributed by atoms with Gasteiger partial charge in [0, 0.05) is 47.5 Å². The SMILES string of the molecule is CC(C)C(=O)C1(O)CCC1C.CC(C)C(=O)C1(O)CCCC1C.CC(C)C(=O)C1(O)CCCCC1N.CC1CC(O)(C(=O)C(C)C)C1.CC1CCC(O)(C(=O)C(C)C)C1.CC1CCC(O)(C(=O)C(C)C)CC1.CC1CCCC(O)(C(=O)C(C)C)C1. The summed E-state index contributed by atoms with van der Waals surface area (Å²) in [4.78, 5) is 81.0. The van der Waals surface area contributed by atoms with Gasteiger partial charge in [0.15, 0.2) is 40.5 Å². The van der Waals surface area contributed by atoms with E-state index in [1.807, 2.05) is 111 Å². The smallest absolute Gasteiger partial charge is 0.168 e. The number of Topliss-reactive ketones (excluding diaryl/α,β-unsaturated/α-hetero) is 7. The van der Waals surface area contributed by atoms with Gasteiger partial charge in [0.2, 0.25) is 0 Å². The number of hydrogen-bond acceptors (Lipinski definition) is 15. The minimum Gasteiger partial charge on any atom is -0.382 e. The number of nitrogens with two attached hydrogens (primary N) is 1. The summed E-state index contributed by atoms with van der Waals surface area (Å²) in [6.07, 6.45) is 17.8. The summed E-state index contributed by atoms with van der Waals surface area (Å²) < 4.78 is 0. The van der Waals surface area contributed by atoms with Crippen LogP contribution >= 0.6 is 0 Å². The minimum atomic E-state index is -1.24. The average Bonchev–Trinajstić information content (AvgIpc) is 4.14. The zero-order valence-corrected chi connectivity index (χ0v) is 57.2. The lowest BCUT2D eigenvalue weighted by molar-refractivity contribution is -0.159. The van der Waals surface area contributed by atoms with Crippen molar-refractivity contribution in [1.29, 1.82) is 0 Å². The Morgan fingerprint density at radius 2 is 0.600 bits per heavy atom. The van der Waals surface area contributed by atoms with E-state index in [0.717, 1.165) is 70.6 Å². The Kier molecular flexibility index (Phi) is 32.1. The molecule has 7 rings (SSSR count). The maximum atomic E-state index is 11.7. The highest BCUT2D eigenvalue weighted by Crippen LogP contribution is 2.42. The molecule has 0 heterocycles. The Morgan fingerprint density at radius 1 is 0.294 bits per heavy atom. The highest BCUT2D eigenvalue weighted by molar-refractivity contribution is 5.92. The predicted octanol–water partition coefficient (Wildman–Crippen LogP) is 11.4. The second kappa shape index (κ2) is 34.0. The molecule has 7 aliphatic carbocycles. The van der Waals surface area contributed by atoms with Crippen LogP contribution < -0.4 is 5.73 Å². The summed E-state index contributed by atoms with van der Waals surface area (Å²) in [5, 5.41) is 69.8. The van der Waals surface area contributed by atoms with E-state index in [0.29, 0.717) is 94.3 Å². The first kappa shape index (κ1) is 80.4. The van der Waals surface area contributed by atoms with Gasteiger partial charge in [0.05, 0.1) is 0 Å². The fourth-order valence-electron chi connectivity index (χ4n) is 13.8. The Hall–Kier alpha value is -2.63. The molecule has 0 radical (unpaired) electrons. The Balaban J connectivity index is 0.000000496. The molecule has 0 aliphatic heterocycles. The molecule has 496 valence electrons. The first-order chi connectivity index (χ1) is 38.8. The predicted molar refractivity (Wildman–Crippen MR) is 338 cm³/mol. The molecule has 0 aromatic carbocycles. The zero-order chi connectivity index (χ0) is 66.2. The van der Waals surface area contributed by atoms with Crippen molar-refractivity contribution in [1.82, 2.24) is 0 Å². The van der Waals surface area contributed by atoms with Gasteiger partial charge in [-0.3, -0.25) is 33.6 Å². The number of rotatable bonds is 14.